The molecule has 29 heavy (non-hydrogen) atoms. The summed E-state index contributed by atoms with van der Waals surface area (Å²) < 4.78 is 0. The molecular formula is C23H31N3O3. The highest BCUT2D eigenvalue weighted by molar-refractivity contribution is 6.03. The number of hydrogen-bond acceptors (Lipinski definition) is 5. The number of aliphatic hydroxyl groups is 1. The molecule has 3 atom stereocenters. The van der Waals surface area contributed by atoms with Crippen LogP contribution in [0.5, 0.6) is 0 Å². The van der Waals surface area contributed by atoms with Crippen LogP contribution < -0.4 is 10.6 Å². The number of hydrogen-bond donors (Lipinski definition) is 3. The smallest absolute Gasteiger partial charge is 0.232 e. The Bertz CT molecular complexity index is 760. The topological polar surface area (TPSA) is 81.7 Å². The first-order valence-electron chi connectivity index (χ1n) is 10.5. The second-order valence-corrected chi connectivity index (χ2v) is 7.71. The Balaban J connectivity index is 1.48. The molecule has 156 valence electrons. The van der Waals surface area contributed by atoms with Gasteiger partial charge in [0.1, 0.15) is 0 Å². The molecule has 1 fully saturated rings. The number of carbonyl (C=O) groups is 2. The van der Waals surface area contributed by atoms with Crippen molar-refractivity contribution in [2.45, 2.75) is 38.3 Å². The lowest BCUT2D eigenvalue weighted by atomic mass is 9.92. The molecule has 0 bridgehead atoms. The van der Waals surface area contributed by atoms with E-state index in [9.17, 15) is 14.7 Å². The van der Waals surface area contributed by atoms with Crippen LogP contribution in [-0.4, -0.2) is 54.1 Å². The van der Waals surface area contributed by atoms with Gasteiger partial charge in [-0.15, -0.1) is 0 Å². The zero-order valence-electron chi connectivity index (χ0n) is 17.0. The number of likely N-dealkylation sites (tertiary alicyclic amines) is 1. The summed E-state index contributed by atoms with van der Waals surface area (Å²) in [7, 11) is 0. The zero-order chi connectivity index (χ0) is 20.6. The third-order valence-electron chi connectivity index (χ3n) is 5.49. The first kappa shape index (κ1) is 21.4. The van der Waals surface area contributed by atoms with Crippen molar-refractivity contribution in [1.29, 1.82) is 0 Å². The van der Waals surface area contributed by atoms with Gasteiger partial charge in [0.15, 0.2) is 0 Å². The Labute approximate surface area is 172 Å². The predicted octanol–water partition coefficient (Wildman–Crippen LogP) is 1.94. The highest BCUT2D eigenvalue weighted by atomic mass is 16.3. The fraction of sp³-hybridized carbons (Fsp3) is 0.478. The van der Waals surface area contributed by atoms with Crippen molar-refractivity contribution in [2.24, 2.45) is 5.92 Å². The van der Waals surface area contributed by atoms with E-state index < -0.39 is 6.10 Å². The largest absolute Gasteiger partial charge is 0.386 e. The number of carbonyl (C=O) groups excluding carboxylic acids is 2. The van der Waals surface area contributed by atoms with E-state index in [1.165, 1.54) is 4.90 Å². The van der Waals surface area contributed by atoms with Crippen LogP contribution in [0.25, 0.3) is 0 Å². The number of allylic oxidation sites excluding steroid dienone is 2. The van der Waals surface area contributed by atoms with Crippen LogP contribution >= 0.6 is 0 Å². The second-order valence-electron chi connectivity index (χ2n) is 7.71. The van der Waals surface area contributed by atoms with Gasteiger partial charge in [-0.3, -0.25) is 14.5 Å². The lowest BCUT2D eigenvalue weighted by molar-refractivity contribution is -0.139. The highest BCUT2D eigenvalue weighted by Crippen LogP contribution is 2.25. The molecule has 1 aromatic carbocycles. The SMILES string of the molecule is CC1CC(=O)N(CCNCCNC(c2ccccc2)C(O)C2=CCCC=C2)C1=O. The molecule has 1 aliphatic heterocycles. The third kappa shape index (κ3) is 5.63. The van der Waals surface area contributed by atoms with E-state index in [1.54, 1.807) is 6.92 Å². The van der Waals surface area contributed by atoms with E-state index in [4.69, 9.17) is 0 Å². The van der Waals surface area contributed by atoms with E-state index >= 15 is 0 Å². The fourth-order valence-corrected chi connectivity index (χ4v) is 3.83. The van der Waals surface area contributed by atoms with Gasteiger partial charge in [-0.25, -0.2) is 0 Å². The Hall–Kier alpha value is -2.28. The summed E-state index contributed by atoms with van der Waals surface area (Å²) in [4.78, 5) is 25.1. The minimum absolute atomic E-state index is 0.0731. The molecule has 3 rings (SSSR count). The van der Waals surface area contributed by atoms with Crippen LogP contribution in [-0.2, 0) is 9.59 Å². The molecule has 2 amide bonds. The van der Waals surface area contributed by atoms with Gasteiger partial charge >= 0.3 is 0 Å². The zero-order valence-corrected chi connectivity index (χ0v) is 17.0. The summed E-state index contributed by atoms with van der Waals surface area (Å²) in [6.07, 6.45) is 7.89. The van der Waals surface area contributed by atoms with E-state index in [0.29, 0.717) is 32.6 Å². The van der Waals surface area contributed by atoms with Gasteiger partial charge in [-0.05, 0) is 24.0 Å². The van der Waals surface area contributed by atoms with Gasteiger partial charge in [0.25, 0.3) is 0 Å². The molecule has 1 heterocycles. The van der Waals surface area contributed by atoms with E-state index in [2.05, 4.69) is 22.8 Å². The number of nitrogens with zero attached hydrogens (tertiary/aromatic N) is 1. The monoisotopic (exact) mass is 397 g/mol. The second kappa shape index (κ2) is 10.5. The van der Waals surface area contributed by atoms with Crippen LogP contribution in [0.15, 0.2) is 54.1 Å². The molecule has 2 aliphatic rings. The molecule has 0 aromatic heterocycles. The lowest BCUT2D eigenvalue weighted by Crippen LogP contribution is -2.40. The number of aliphatic hydroxyl groups excluding tert-OH is 1. The summed E-state index contributed by atoms with van der Waals surface area (Å²) in [5, 5.41) is 17.7. The summed E-state index contributed by atoms with van der Waals surface area (Å²) in [5.41, 5.74) is 1.99. The average Bonchev–Trinajstić information content (AvgIpc) is 2.99. The maximum absolute atomic E-state index is 11.9. The minimum Gasteiger partial charge on any atom is -0.386 e. The van der Waals surface area contributed by atoms with E-state index in [-0.39, 0.29) is 23.8 Å². The molecule has 0 radical (unpaired) electrons. The van der Waals surface area contributed by atoms with Crippen molar-refractivity contribution in [3.8, 4) is 0 Å². The third-order valence-corrected chi connectivity index (χ3v) is 5.49. The quantitative estimate of drug-likeness (QED) is 0.415. The van der Waals surface area contributed by atoms with Crippen LogP contribution in [0, 0.1) is 5.92 Å². The minimum atomic E-state index is -0.615. The highest BCUT2D eigenvalue weighted by Gasteiger charge is 2.34. The molecule has 1 saturated heterocycles. The summed E-state index contributed by atoms with van der Waals surface area (Å²) >= 11 is 0. The summed E-state index contributed by atoms with van der Waals surface area (Å²) in [6.45, 7) is 4.11. The standard InChI is InChI=1S/C23H31N3O3/c1-17-16-20(27)26(23(17)29)15-14-24-12-13-25-21(18-8-4-2-5-9-18)22(28)19-10-6-3-7-11-19/h2,4-6,8-11,17,21-22,24-25,28H,3,7,12-16H2,1H3. The molecule has 0 spiro atoms. The van der Waals surface area contributed by atoms with Gasteiger partial charge in [-0.2, -0.15) is 0 Å². The number of nitrogens with one attached hydrogen (secondary N) is 2. The van der Waals surface area contributed by atoms with Crippen molar-refractivity contribution in [3.05, 3.63) is 59.7 Å². The molecule has 3 N–H and O–H groups in total. The molecule has 6 nitrogen and oxygen atoms in total. The lowest BCUT2D eigenvalue weighted by Gasteiger charge is -2.27. The van der Waals surface area contributed by atoms with Crippen LogP contribution in [0.1, 0.15) is 37.8 Å². The molecule has 1 aliphatic carbocycles. The number of imide groups is 1. The maximum Gasteiger partial charge on any atom is 0.232 e. The fourth-order valence-electron chi connectivity index (χ4n) is 3.83. The number of benzene rings is 1. The van der Waals surface area contributed by atoms with Crippen LogP contribution in [0.4, 0.5) is 0 Å². The van der Waals surface area contributed by atoms with Crippen LogP contribution in [0.3, 0.4) is 0 Å². The van der Waals surface area contributed by atoms with E-state index in [0.717, 1.165) is 24.0 Å². The molecule has 3 unspecified atom stereocenters. The normalized spacial score (nSPS) is 21.4. The van der Waals surface area contributed by atoms with Crippen LogP contribution in [0.2, 0.25) is 0 Å². The number of rotatable bonds is 10. The Morgan fingerprint density at radius 3 is 2.59 bits per heavy atom. The average molecular weight is 398 g/mol. The Morgan fingerprint density at radius 2 is 1.93 bits per heavy atom. The Kier molecular flexibility index (Phi) is 7.75. The summed E-state index contributed by atoms with van der Waals surface area (Å²) in [6, 6.07) is 9.77. The first-order valence-corrected chi connectivity index (χ1v) is 10.5. The van der Waals surface area contributed by atoms with E-state index in [1.807, 2.05) is 36.4 Å². The molecular weight excluding hydrogens is 366 g/mol. The van der Waals surface area contributed by atoms with Crippen molar-refractivity contribution in [3.63, 3.8) is 0 Å². The van der Waals surface area contributed by atoms with Gasteiger partial charge in [0.05, 0.1) is 12.1 Å². The van der Waals surface area contributed by atoms with Gasteiger partial charge in [0.2, 0.25) is 11.8 Å². The maximum atomic E-state index is 11.9. The van der Waals surface area contributed by atoms with Gasteiger partial charge < -0.3 is 15.7 Å². The molecule has 1 aromatic rings. The van der Waals surface area contributed by atoms with Crippen molar-refractivity contribution < 1.29 is 14.7 Å². The Morgan fingerprint density at radius 1 is 1.14 bits per heavy atom. The first-order chi connectivity index (χ1) is 14.1. The van der Waals surface area contributed by atoms with Gasteiger partial charge in [0, 0.05) is 38.5 Å². The van der Waals surface area contributed by atoms with Gasteiger partial charge in [-0.1, -0.05) is 55.5 Å². The molecule has 6 heteroatoms. The van der Waals surface area contributed by atoms with Crippen molar-refractivity contribution in [1.82, 2.24) is 15.5 Å². The summed E-state index contributed by atoms with van der Waals surface area (Å²) in [5.74, 6) is -0.347. The number of amides is 2. The van der Waals surface area contributed by atoms with Crippen molar-refractivity contribution >= 4 is 11.8 Å². The molecule has 0 saturated carbocycles. The predicted molar refractivity (Wildman–Crippen MR) is 113 cm³/mol. The van der Waals surface area contributed by atoms with Crippen molar-refractivity contribution in [2.75, 3.05) is 26.2 Å².